The summed E-state index contributed by atoms with van der Waals surface area (Å²) in [5.74, 6) is 0. The summed E-state index contributed by atoms with van der Waals surface area (Å²) in [5.41, 5.74) is 0.447. The van der Waals surface area contributed by atoms with Crippen molar-refractivity contribution in [2.45, 2.75) is 52.4 Å². The number of hydrogen-bond donors (Lipinski definition) is 0. The fourth-order valence-corrected chi connectivity index (χ4v) is 1.000. The first-order valence-corrected chi connectivity index (χ1v) is 4.95. The van der Waals surface area contributed by atoms with Crippen molar-refractivity contribution in [1.29, 1.82) is 0 Å². The summed E-state index contributed by atoms with van der Waals surface area (Å²) in [6, 6.07) is 0.292. The van der Waals surface area contributed by atoms with Crippen molar-refractivity contribution in [2.24, 2.45) is 0 Å². The summed E-state index contributed by atoms with van der Waals surface area (Å²) < 4.78 is 24.1. The second kappa shape index (κ2) is 3.38. The summed E-state index contributed by atoms with van der Waals surface area (Å²) in [5, 5.41) is 0. The van der Waals surface area contributed by atoms with E-state index in [4.69, 9.17) is 4.11 Å². The van der Waals surface area contributed by atoms with Gasteiger partial charge in [0.1, 0.15) is 0 Å². The molecule has 0 saturated carbocycles. The molecule has 1 nitrogen and oxygen atoms in total. The third-order valence-electron chi connectivity index (χ3n) is 2.05. The highest BCUT2D eigenvalue weighted by Crippen LogP contribution is 2.24. The third-order valence-corrected chi connectivity index (χ3v) is 2.05. The van der Waals surface area contributed by atoms with E-state index in [1.807, 2.05) is 41.5 Å². The normalized spacial score (nSPS) is 16.0. The first-order chi connectivity index (χ1) is 7.46. The lowest BCUT2D eigenvalue weighted by atomic mass is 9.86. The minimum Gasteiger partial charge on any atom is -0.260 e. The maximum Gasteiger partial charge on any atom is 0.0843 e. The van der Waals surface area contributed by atoms with Gasteiger partial charge in [-0.15, -0.1) is 0 Å². The SMILES string of the molecule is [2H]c1nc(C(C)(C)C)c([2H])c([2H])c1C(C)(C)C. The van der Waals surface area contributed by atoms with E-state index in [1.165, 1.54) is 0 Å². The van der Waals surface area contributed by atoms with E-state index in [2.05, 4.69) is 4.98 Å². The Morgan fingerprint density at radius 1 is 1.00 bits per heavy atom. The molecule has 0 aliphatic rings. The Kier molecular flexibility index (Phi) is 1.80. The van der Waals surface area contributed by atoms with Crippen LogP contribution in [0.4, 0.5) is 0 Å². The van der Waals surface area contributed by atoms with Crippen molar-refractivity contribution >= 4 is 0 Å². The molecule has 0 radical (unpaired) electrons. The second-order valence-corrected chi connectivity index (χ2v) is 5.70. The summed E-state index contributed by atoms with van der Waals surface area (Å²) in [6.45, 7) is 11.7. The van der Waals surface area contributed by atoms with Crippen molar-refractivity contribution < 1.29 is 4.11 Å². The Hall–Kier alpha value is -0.850. The molecule has 78 valence electrons. The van der Waals surface area contributed by atoms with Crippen LogP contribution in [-0.2, 0) is 10.8 Å². The van der Waals surface area contributed by atoms with Gasteiger partial charge in [-0.3, -0.25) is 4.98 Å². The average Bonchev–Trinajstić information content (AvgIpc) is 2.07. The Bertz CT molecular complexity index is 439. The molecule has 0 aliphatic heterocycles. The van der Waals surface area contributed by atoms with Crippen molar-refractivity contribution in [3.05, 3.63) is 29.5 Å². The van der Waals surface area contributed by atoms with Gasteiger partial charge >= 0.3 is 0 Å². The van der Waals surface area contributed by atoms with Gasteiger partial charge < -0.3 is 0 Å². The maximum atomic E-state index is 8.07. The number of nitrogens with zero attached hydrogens (tertiary/aromatic N) is 1. The van der Waals surface area contributed by atoms with Crippen molar-refractivity contribution in [3.8, 4) is 0 Å². The Morgan fingerprint density at radius 3 is 2.00 bits per heavy atom. The molecule has 0 saturated heterocycles. The first kappa shape index (κ1) is 7.44. The second-order valence-electron chi connectivity index (χ2n) is 5.70. The molecule has 1 rings (SSSR count). The largest absolute Gasteiger partial charge is 0.260 e. The van der Waals surface area contributed by atoms with Crippen LogP contribution in [0.15, 0.2) is 18.3 Å². The van der Waals surface area contributed by atoms with Gasteiger partial charge in [-0.2, -0.15) is 0 Å². The molecule has 0 N–H and O–H groups in total. The van der Waals surface area contributed by atoms with Gasteiger partial charge in [0.15, 0.2) is 0 Å². The molecular formula is C13H21N. The lowest BCUT2D eigenvalue weighted by Gasteiger charge is -2.22. The Morgan fingerprint density at radius 2 is 1.57 bits per heavy atom. The number of hydrogen-bond acceptors (Lipinski definition) is 1. The quantitative estimate of drug-likeness (QED) is 0.614. The van der Waals surface area contributed by atoms with Crippen LogP contribution in [0.1, 0.15) is 56.9 Å². The molecule has 0 amide bonds. The standard InChI is InChI=1S/C13H21N/c1-12(2,3)10-7-8-11(14-9-10)13(4,5)6/h7-9H,1-6H3/i7D,8D,9D. The van der Waals surface area contributed by atoms with Crippen LogP contribution in [0.25, 0.3) is 0 Å². The highest BCUT2D eigenvalue weighted by molar-refractivity contribution is 5.23. The average molecular weight is 194 g/mol. The fourth-order valence-electron chi connectivity index (χ4n) is 1.000. The molecule has 0 bridgehead atoms. The van der Waals surface area contributed by atoms with Gasteiger partial charge in [0.2, 0.25) is 0 Å². The number of rotatable bonds is 0. The molecule has 1 aromatic rings. The van der Waals surface area contributed by atoms with Gasteiger partial charge in [-0.05, 0) is 17.0 Å². The van der Waals surface area contributed by atoms with E-state index in [0.29, 0.717) is 11.3 Å². The van der Waals surface area contributed by atoms with Gasteiger partial charge in [0.05, 0.1) is 4.11 Å². The molecule has 1 aromatic heterocycles. The minimum atomic E-state index is -0.326. The predicted octanol–water partition coefficient (Wildman–Crippen LogP) is 3.68. The van der Waals surface area contributed by atoms with Gasteiger partial charge in [0.25, 0.3) is 0 Å². The fraction of sp³-hybridized carbons (Fsp3) is 0.615. The summed E-state index contributed by atoms with van der Waals surface area (Å²) in [6.07, 6.45) is 0.128. The topological polar surface area (TPSA) is 12.9 Å². The molecule has 1 heteroatoms. The monoisotopic (exact) mass is 194 g/mol. The summed E-state index contributed by atoms with van der Waals surface area (Å²) in [7, 11) is 0. The van der Waals surface area contributed by atoms with Crippen LogP contribution in [0, 0.1) is 0 Å². The van der Waals surface area contributed by atoms with Gasteiger partial charge in [0, 0.05) is 17.3 Å². The van der Waals surface area contributed by atoms with Crippen LogP contribution >= 0.6 is 0 Å². The van der Waals surface area contributed by atoms with Crippen LogP contribution < -0.4 is 0 Å². The molecule has 0 unspecified atom stereocenters. The molecule has 1 heterocycles. The van der Waals surface area contributed by atoms with Gasteiger partial charge in [-0.25, -0.2) is 0 Å². The summed E-state index contributed by atoms with van der Waals surface area (Å²) >= 11 is 0. The van der Waals surface area contributed by atoms with E-state index in [-0.39, 0.29) is 29.1 Å². The van der Waals surface area contributed by atoms with E-state index in [0.717, 1.165) is 0 Å². The van der Waals surface area contributed by atoms with Crippen molar-refractivity contribution in [1.82, 2.24) is 4.98 Å². The molecular weight excluding hydrogens is 170 g/mol. The summed E-state index contributed by atoms with van der Waals surface area (Å²) in [4.78, 5) is 4.23. The number of aromatic nitrogens is 1. The van der Waals surface area contributed by atoms with Crippen molar-refractivity contribution in [3.63, 3.8) is 0 Å². The zero-order chi connectivity index (χ0) is 13.6. The molecule has 0 aromatic carbocycles. The van der Waals surface area contributed by atoms with Crippen LogP contribution in [0.5, 0.6) is 0 Å². The third kappa shape index (κ3) is 2.57. The lowest BCUT2D eigenvalue weighted by Crippen LogP contribution is -2.16. The van der Waals surface area contributed by atoms with E-state index >= 15 is 0 Å². The lowest BCUT2D eigenvalue weighted by molar-refractivity contribution is 0.556. The van der Waals surface area contributed by atoms with E-state index in [9.17, 15) is 0 Å². The minimum absolute atomic E-state index is 0.128. The predicted molar refractivity (Wildman–Crippen MR) is 61.6 cm³/mol. The highest BCUT2D eigenvalue weighted by atomic mass is 14.7. The van der Waals surface area contributed by atoms with E-state index in [1.54, 1.807) is 0 Å². The Labute approximate surface area is 91.8 Å². The van der Waals surface area contributed by atoms with E-state index < -0.39 is 0 Å². The molecule has 0 spiro atoms. The zero-order valence-electron chi connectivity index (χ0n) is 12.9. The van der Waals surface area contributed by atoms with Crippen molar-refractivity contribution in [2.75, 3.05) is 0 Å². The van der Waals surface area contributed by atoms with Crippen LogP contribution in [0.3, 0.4) is 0 Å². The molecule has 0 aliphatic carbocycles. The zero-order valence-corrected chi connectivity index (χ0v) is 9.95. The molecule has 0 fully saturated rings. The maximum absolute atomic E-state index is 8.07. The smallest absolute Gasteiger partial charge is 0.0843 e. The molecule has 14 heavy (non-hydrogen) atoms. The number of pyridine rings is 1. The molecule has 0 atom stereocenters. The van der Waals surface area contributed by atoms with Gasteiger partial charge in [-0.1, -0.05) is 47.6 Å². The van der Waals surface area contributed by atoms with Crippen LogP contribution in [0.2, 0.25) is 0 Å². The highest BCUT2D eigenvalue weighted by Gasteiger charge is 2.18. The Balaban J connectivity index is 3.60. The first-order valence-electron chi connectivity index (χ1n) is 6.45. The van der Waals surface area contributed by atoms with Crippen LogP contribution in [-0.4, -0.2) is 4.98 Å².